The molecule has 0 bridgehead atoms. The van der Waals surface area contributed by atoms with Crippen LogP contribution in [0.4, 0.5) is 11.6 Å². The summed E-state index contributed by atoms with van der Waals surface area (Å²) in [4.78, 5) is 26.7. The van der Waals surface area contributed by atoms with Crippen molar-refractivity contribution in [1.82, 2.24) is 19.4 Å². The molecule has 6 rings (SSSR count). The molecule has 10 nitrogen and oxygen atoms in total. The summed E-state index contributed by atoms with van der Waals surface area (Å²) in [6, 6.07) is 10.5. The third-order valence-electron chi connectivity index (χ3n) is 9.25. The van der Waals surface area contributed by atoms with Crippen molar-refractivity contribution in [2.75, 3.05) is 49.3 Å². The molecule has 1 aromatic carbocycles. The fourth-order valence-corrected chi connectivity index (χ4v) is 8.00. The van der Waals surface area contributed by atoms with E-state index in [-0.39, 0.29) is 29.2 Å². The van der Waals surface area contributed by atoms with E-state index < -0.39 is 9.84 Å². The van der Waals surface area contributed by atoms with Crippen LogP contribution in [-0.4, -0.2) is 90.2 Å². The predicted molar refractivity (Wildman–Crippen MR) is 165 cm³/mol. The van der Waals surface area contributed by atoms with Gasteiger partial charge in [0.05, 0.1) is 16.9 Å². The third-order valence-corrected chi connectivity index (χ3v) is 10.9. The molecule has 1 saturated carbocycles. The fourth-order valence-electron chi connectivity index (χ4n) is 6.93. The van der Waals surface area contributed by atoms with Gasteiger partial charge >= 0.3 is 0 Å². The molecule has 2 saturated heterocycles. The Hall–Kier alpha value is -3.18. The second kappa shape index (κ2) is 12.2. The summed E-state index contributed by atoms with van der Waals surface area (Å²) in [6.45, 7) is 5.68. The van der Waals surface area contributed by atoms with E-state index in [1.807, 2.05) is 24.1 Å². The van der Waals surface area contributed by atoms with E-state index in [0.717, 1.165) is 80.7 Å². The minimum Gasteiger partial charge on any atom is -0.377 e. The van der Waals surface area contributed by atoms with E-state index in [4.69, 9.17) is 9.72 Å². The van der Waals surface area contributed by atoms with Crippen LogP contribution in [-0.2, 0) is 19.4 Å². The van der Waals surface area contributed by atoms with Crippen molar-refractivity contribution >= 4 is 38.3 Å². The van der Waals surface area contributed by atoms with Gasteiger partial charge in [-0.2, -0.15) is 4.98 Å². The van der Waals surface area contributed by atoms with Crippen molar-refractivity contribution in [3.8, 4) is 5.82 Å². The van der Waals surface area contributed by atoms with Gasteiger partial charge in [-0.1, -0.05) is 6.07 Å². The van der Waals surface area contributed by atoms with Crippen molar-refractivity contribution in [1.29, 1.82) is 0 Å². The van der Waals surface area contributed by atoms with Crippen LogP contribution < -0.4 is 10.2 Å². The van der Waals surface area contributed by atoms with E-state index >= 15 is 0 Å². The van der Waals surface area contributed by atoms with Crippen LogP contribution in [0.1, 0.15) is 51.9 Å². The summed E-state index contributed by atoms with van der Waals surface area (Å²) < 4.78 is 31.8. The number of hydrogen-bond acceptors (Lipinski definition) is 8. The highest BCUT2D eigenvalue weighted by Gasteiger charge is 2.34. The highest BCUT2D eigenvalue weighted by atomic mass is 32.2. The molecule has 2 aliphatic heterocycles. The number of aromatic nitrogens is 3. The van der Waals surface area contributed by atoms with E-state index in [1.165, 1.54) is 6.26 Å². The smallest absolute Gasteiger partial charge is 0.225 e. The summed E-state index contributed by atoms with van der Waals surface area (Å²) in [5.74, 6) is 1.76. The molecule has 1 aliphatic carbocycles. The van der Waals surface area contributed by atoms with Gasteiger partial charge in [0.1, 0.15) is 15.7 Å². The molecule has 1 N–H and O–H groups in total. The summed E-state index contributed by atoms with van der Waals surface area (Å²) in [6.07, 6.45) is 11.2. The average molecular weight is 595 g/mol. The highest BCUT2D eigenvalue weighted by Crippen LogP contribution is 2.33. The van der Waals surface area contributed by atoms with Gasteiger partial charge in [0.2, 0.25) is 11.9 Å². The molecule has 1 unspecified atom stereocenters. The minimum absolute atomic E-state index is 0.0910. The Balaban J connectivity index is 1.09. The van der Waals surface area contributed by atoms with Crippen molar-refractivity contribution in [2.45, 2.75) is 69.3 Å². The predicted octanol–water partition coefficient (Wildman–Crippen LogP) is 4.04. The molecule has 226 valence electrons. The number of piperidine rings is 1. The molecule has 4 heterocycles. The van der Waals surface area contributed by atoms with Gasteiger partial charge in [-0.3, -0.25) is 4.79 Å². The average Bonchev–Trinajstić information content (AvgIpc) is 3.65. The maximum atomic E-state index is 13.1. The second-order valence-electron chi connectivity index (χ2n) is 12.0. The molecular weight excluding hydrogens is 552 g/mol. The number of amides is 1. The van der Waals surface area contributed by atoms with Crippen molar-refractivity contribution in [3.63, 3.8) is 0 Å². The summed E-state index contributed by atoms with van der Waals surface area (Å²) >= 11 is 0. The molecule has 1 amide bonds. The Labute approximate surface area is 248 Å². The van der Waals surface area contributed by atoms with Crippen LogP contribution in [0, 0.1) is 5.92 Å². The van der Waals surface area contributed by atoms with Gasteiger partial charge in [-0.05, 0) is 76.1 Å². The molecule has 0 radical (unpaired) electrons. The maximum absolute atomic E-state index is 13.1. The number of carbonyl (C=O) groups excluding carboxylic acids is 1. The molecule has 11 heteroatoms. The third kappa shape index (κ3) is 6.13. The number of benzene rings is 1. The van der Waals surface area contributed by atoms with Gasteiger partial charge < -0.3 is 24.4 Å². The van der Waals surface area contributed by atoms with Crippen molar-refractivity contribution < 1.29 is 17.9 Å². The Morgan fingerprint density at radius 1 is 1.02 bits per heavy atom. The SMILES string of the molecule is CCOC1CCN(C(=O)C2CCC(Nc3nccc(-n4ccc5c(N6CCC(S(C)(=O)=O)CC6)cccc54)n3)CC2)C1. The molecule has 3 fully saturated rings. The number of nitrogens with one attached hydrogen (secondary N) is 1. The number of carbonyl (C=O) groups is 1. The Bertz CT molecular complexity index is 1510. The standard InChI is InChI=1S/C31H42N6O4S/c1-3-41-24-12-17-36(21-24)30(38)22-7-9-23(10-8-22)33-31-32-16-11-29(34-31)37-20-15-26-27(5-4-6-28(26)37)35-18-13-25(14-19-35)42(2,39)40/h4-6,11,15-16,20,22-25H,3,7-10,12-14,17-19,21H2,1-2H3,(H,32,33,34). The van der Waals surface area contributed by atoms with E-state index in [0.29, 0.717) is 25.4 Å². The van der Waals surface area contributed by atoms with Crippen LogP contribution >= 0.6 is 0 Å². The number of fused-ring (bicyclic) bond motifs is 1. The lowest BCUT2D eigenvalue weighted by Crippen LogP contribution is -2.39. The lowest BCUT2D eigenvalue weighted by molar-refractivity contribution is -0.136. The van der Waals surface area contributed by atoms with Crippen LogP contribution in [0.2, 0.25) is 0 Å². The minimum atomic E-state index is -3.01. The zero-order valence-electron chi connectivity index (χ0n) is 24.6. The molecule has 3 aromatic rings. The Morgan fingerprint density at radius 3 is 2.55 bits per heavy atom. The number of anilines is 2. The van der Waals surface area contributed by atoms with Crippen molar-refractivity contribution in [2.24, 2.45) is 5.92 Å². The number of hydrogen-bond donors (Lipinski definition) is 1. The fraction of sp³-hybridized carbons (Fsp3) is 0.581. The van der Waals surface area contributed by atoms with Gasteiger partial charge in [-0.15, -0.1) is 0 Å². The first kappa shape index (κ1) is 28.9. The van der Waals surface area contributed by atoms with Gasteiger partial charge in [0.25, 0.3) is 0 Å². The van der Waals surface area contributed by atoms with Gasteiger partial charge in [0, 0.05) is 74.5 Å². The number of ether oxygens (including phenoxy) is 1. The first-order valence-electron chi connectivity index (χ1n) is 15.3. The lowest BCUT2D eigenvalue weighted by Gasteiger charge is -2.33. The number of likely N-dealkylation sites (tertiary alicyclic amines) is 1. The van der Waals surface area contributed by atoms with Crippen LogP contribution in [0.25, 0.3) is 16.7 Å². The van der Waals surface area contributed by atoms with E-state index in [2.05, 4.69) is 44.0 Å². The first-order valence-corrected chi connectivity index (χ1v) is 17.3. The summed E-state index contributed by atoms with van der Waals surface area (Å²) in [5, 5.41) is 4.40. The molecular formula is C31H42N6O4S. The lowest BCUT2D eigenvalue weighted by atomic mass is 9.85. The van der Waals surface area contributed by atoms with Gasteiger partial charge in [-0.25, -0.2) is 13.4 Å². The Morgan fingerprint density at radius 2 is 1.81 bits per heavy atom. The number of nitrogens with zero attached hydrogens (tertiary/aromatic N) is 5. The van der Waals surface area contributed by atoms with E-state index in [1.54, 1.807) is 6.20 Å². The Kier molecular flexibility index (Phi) is 8.40. The highest BCUT2D eigenvalue weighted by molar-refractivity contribution is 7.91. The van der Waals surface area contributed by atoms with Crippen LogP contribution in [0.15, 0.2) is 42.7 Å². The molecule has 0 spiro atoms. The zero-order valence-corrected chi connectivity index (χ0v) is 25.4. The normalized spacial score (nSPS) is 23.9. The van der Waals surface area contributed by atoms with E-state index in [9.17, 15) is 13.2 Å². The molecule has 42 heavy (non-hydrogen) atoms. The monoisotopic (exact) mass is 594 g/mol. The molecule has 3 aliphatic rings. The maximum Gasteiger partial charge on any atom is 0.225 e. The first-order chi connectivity index (χ1) is 20.3. The number of sulfone groups is 1. The van der Waals surface area contributed by atoms with Crippen molar-refractivity contribution in [3.05, 3.63) is 42.7 Å². The summed E-state index contributed by atoms with van der Waals surface area (Å²) in [7, 11) is -3.01. The quantitative estimate of drug-likeness (QED) is 0.416. The zero-order chi connectivity index (χ0) is 29.3. The van der Waals surface area contributed by atoms with Crippen LogP contribution in [0.3, 0.4) is 0 Å². The number of rotatable bonds is 8. The summed E-state index contributed by atoms with van der Waals surface area (Å²) in [5.41, 5.74) is 2.18. The topological polar surface area (TPSA) is 110 Å². The largest absolute Gasteiger partial charge is 0.377 e. The molecule has 2 aromatic heterocycles. The van der Waals surface area contributed by atoms with Gasteiger partial charge in [0.15, 0.2) is 0 Å². The van der Waals surface area contributed by atoms with Crippen LogP contribution in [0.5, 0.6) is 0 Å². The molecule has 1 atom stereocenters. The second-order valence-corrected chi connectivity index (χ2v) is 14.3.